The van der Waals surface area contributed by atoms with Crippen LogP contribution < -0.4 is 5.32 Å². The monoisotopic (exact) mass is 366 g/mol. The Labute approximate surface area is 152 Å². The molecular formula is C17H23ClN4OS. The van der Waals surface area contributed by atoms with Gasteiger partial charge in [-0.15, -0.1) is 10.2 Å². The van der Waals surface area contributed by atoms with E-state index < -0.39 is 0 Å². The number of benzene rings is 1. The van der Waals surface area contributed by atoms with Gasteiger partial charge in [-0.25, -0.2) is 0 Å². The first-order valence-corrected chi connectivity index (χ1v) is 9.40. The van der Waals surface area contributed by atoms with E-state index in [1.807, 2.05) is 42.7 Å². The fourth-order valence-corrected chi connectivity index (χ4v) is 3.12. The van der Waals surface area contributed by atoms with Gasteiger partial charge in [0, 0.05) is 23.2 Å². The molecule has 0 spiro atoms. The van der Waals surface area contributed by atoms with Gasteiger partial charge >= 0.3 is 0 Å². The quantitative estimate of drug-likeness (QED) is 0.755. The summed E-state index contributed by atoms with van der Waals surface area (Å²) < 4.78 is 2.00. The average Bonchev–Trinajstić information content (AvgIpc) is 2.95. The van der Waals surface area contributed by atoms with Crippen molar-refractivity contribution in [3.05, 3.63) is 29.3 Å². The van der Waals surface area contributed by atoms with Crippen LogP contribution in [-0.4, -0.2) is 32.5 Å². The summed E-state index contributed by atoms with van der Waals surface area (Å²) in [5.74, 6) is 1.51. The van der Waals surface area contributed by atoms with Gasteiger partial charge in [-0.05, 0) is 31.9 Å². The highest BCUT2D eigenvalue weighted by molar-refractivity contribution is 7.99. The van der Waals surface area contributed by atoms with Crippen molar-refractivity contribution < 1.29 is 4.79 Å². The number of hydrogen-bond donors (Lipinski definition) is 1. The normalized spacial score (nSPS) is 12.4. The van der Waals surface area contributed by atoms with E-state index >= 15 is 0 Å². The Morgan fingerprint density at radius 2 is 2.08 bits per heavy atom. The van der Waals surface area contributed by atoms with Gasteiger partial charge in [0.15, 0.2) is 11.0 Å². The summed E-state index contributed by atoms with van der Waals surface area (Å²) in [4.78, 5) is 12.0. The van der Waals surface area contributed by atoms with E-state index in [0.717, 1.165) is 23.1 Å². The molecule has 0 saturated heterocycles. The van der Waals surface area contributed by atoms with Gasteiger partial charge < -0.3 is 9.88 Å². The number of halogens is 1. The Kier molecular flexibility index (Phi) is 6.69. The maximum Gasteiger partial charge on any atom is 0.230 e. The SMILES string of the molecule is CCn1c(SCC(=O)NC(C)C(C)C)nnc1-c1cccc(Cl)c1. The van der Waals surface area contributed by atoms with Gasteiger partial charge in [0.1, 0.15) is 0 Å². The summed E-state index contributed by atoms with van der Waals surface area (Å²) in [5.41, 5.74) is 0.918. The molecule has 1 aromatic carbocycles. The molecule has 1 heterocycles. The average molecular weight is 367 g/mol. The number of rotatable bonds is 7. The number of thioether (sulfide) groups is 1. The molecular weight excluding hydrogens is 344 g/mol. The van der Waals surface area contributed by atoms with Gasteiger partial charge in [-0.3, -0.25) is 4.79 Å². The molecule has 0 bridgehead atoms. The highest BCUT2D eigenvalue weighted by Gasteiger charge is 2.16. The topological polar surface area (TPSA) is 59.8 Å². The largest absolute Gasteiger partial charge is 0.353 e. The van der Waals surface area contributed by atoms with Gasteiger partial charge in [0.25, 0.3) is 0 Å². The van der Waals surface area contributed by atoms with Crippen LogP contribution in [0.2, 0.25) is 5.02 Å². The van der Waals surface area contributed by atoms with E-state index in [2.05, 4.69) is 29.4 Å². The van der Waals surface area contributed by atoms with Crippen LogP contribution >= 0.6 is 23.4 Å². The van der Waals surface area contributed by atoms with Gasteiger partial charge in [-0.2, -0.15) is 0 Å². The first-order chi connectivity index (χ1) is 11.4. The number of amides is 1. The third-order valence-corrected chi connectivity index (χ3v) is 5.04. The lowest BCUT2D eigenvalue weighted by molar-refractivity contribution is -0.119. The number of hydrogen-bond acceptors (Lipinski definition) is 4. The van der Waals surface area contributed by atoms with Crippen LogP contribution in [-0.2, 0) is 11.3 Å². The van der Waals surface area contributed by atoms with Crippen molar-refractivity contribution in [2.45, 2.75) is 45.4 Å². The van der Waals surface area contributed by atoms with Gasteiger partial charge in [0.2, 0.25) is 5.91 Å². The number of carbonyl (C=O) groups is 1. The minimum Gasteiger partial charge on any atom is -0.353 e. The van der Waals surface area contributed by atoms with Crippen molar-refractivity contribution in [3.8, 4) is 11.4 Å². The molecule has 0 aliphatic carbocycles. The molecule has 1 amide bonds. The minimum absolute atomic E-state index is 0.0103. The Balaban J connectivity index is 2.08. The second kappa shape index (κ2) is 8.53. The Morgan fingerprint density at radius 3 is 2.71 bits per heavy atom. The minimum atomic E-state index is 0.0103. The lowest BCUT2D eigenvalue weighted by atomic mass is 10.1. The molecule has 0 fully saturated rings. The zero-order valence-corrected chi connectivity index (χ0v) is 16.0. The Morgan fingerprint density at radius 1 is 1.33 bits per heavy atom. The van der Waals surface area contributed by atoms with Crippen LogP contribution in [0.1, 0.15) is 27.7 Å². The van der Waals surface area contributed by atoms with Crippen LogP contribution in [0.25, 0.3) is 11.4 Å². The second-order valence-corrected chi connectivity index (χ2v) is 7.33. The molecule has 0 saturated carbocycles. The lowest BCUT2D eigenvalue weighted by Crippen LogP contribution is -2.37. The van der Waals surface area contributed by atoms with Crippen molar-refractivity contribution in [3.63, 3.8) is 0 Å². The third kappa shape index (κ3) is 4.74. The van der Waals surface area contributed by atoms with Crippen LogP contribution in [0, 0.1) is 5.92 Å². The summed E-state index contributed by atoms with van der Waals surface area (Å²) in [6, 6.07) is 7.69. The molecule has 5 nitrogen and oxygen atoms in total. The van der Waals surface area contributed by atoms with Gasteiger partial charge in [-0.1, -0.05) is 49.3 Å². The summed E-state index contributed by atoms with van der Waals surface area (Å²) in [5, 5.41) is 12.9. The van der Waals surface area contributed by atoms with Crippen molar-refractivity contribution >= 4 is 29.3 Å². The highest BCUT2D eigenvalue weighted by atomic mass is 35.5. The number of nitrogens with one attached hydrogen (secondary N) is 1. The van der Waals surface area contributed by atoms with Gasteiger partial charge in [0.05, 0.1) is 5.75 Å². The smallest absolute Gasteiger partial charge is 0.230 e. The van der Waals surface area contributed by atoms with Crippen molar-refractivity contribution in [2.24, 2.45) is 5.92 Å². The molecule has 2 aromatic rings. The molecule has 7 heteroatoms. The van der Waals surface area contributed by atoms with Crippen molar-refractivity contribution in [1.82, 2.24) is 20.1 Å². The first-order valence-electron chi connectivity index (χ1n) is 8.03. The van der Waals surface area contributed by atoms with E-state index in [0.29, 0.717) is 16.7 Å². The predicted molar refractivity (Wildman–Crippen MR) is 99.3 cm³/mol. The molecule has 0 aliphatic rings. The molecule has 130 valence electrons. The molecule has 0 aliphatic heterocycles. The van der Waals surface area contributed by atoms with Crippen molar-refractivity contribution in [2.75, 3.05) is 5.75 Å². The number of nitrogens with zero attached hydrogens (tertiary/aromatic N) is 3. The maximum atomic E-state index is 12.0. The zero-order valence-electron chi connectivity index (χ0n) is 14.4. The molecule has 1 atom stereocenters. The first kappa shape index (κ1) is 18.8. The van der Waals surface area contributed by atoms with E-state index in [1.54, 1.807) is 0 Å². The summed E-state index contributed by atoms with van der Waals surface area (Å²) in [7, 11) is 0. The van der Waals surface area contributed by atoms with Crippen LogP contribution in [0.15, 0.2) is 29.4 Å². The Bertz CT molecular complexity index is 702. The number of aromatic nitrogens is 3. The van der Waals surface area contributed by atoms with E-state index in [1.165, 1.54) is 11.8 Å². The fraction of sp³-hybridized carbons (Fsp3) is 0.471. The predicted octanol–water partition coefficient (Wildman–Crippen LogP) is 3.87. The van der Waals surface area contributed by atoms with Crippen molar-refractivity contribution in [1.29, 1.82) is 0 Å². The third-order valence-electron chi connectivity index (χ3n) is 3.84. The summed E-state index contributed by atoms with van der Waals surface area (Å²) in [6.07, 6.45) is 0. The van der Waals surface area contributed by atoms with Crippen LogP contribution in [0.5, 0.6) is 0 Å². The summed E-state index contributed by atoms with van der Waals surface area (Å²) in [6.45, 7) is 8.94. The fourth-order valence-electron chi connectivity index (χ4n) is 2.11. The second-order valence-electron chi connectivity index (χ2n) is 5.95. The maximum absolute atomic E-state index is 12.0. The van der Waals surface area contributed by atoms with E-state index in [-0.39, 0.29) is 11.9 Å². The standard InChI is InChI=1S/C17H23ClN4OS/c1-5-22-16(13-7-6-8-14(18)9-13)20-21-17(22)24-10-15(23)19-12(4)11(2)3/h6-9,11-12H,5,10H2,1-4H3,(H,19,23). The molecule has 1 aromatic heterocycles. The molecule has 1 unspecified atom stereocenters. The highest BCUT2D eigenvalue weighted by Crippen LogP contribution is 2.25. The molecule has 0 radical (unpaired) electrons. The molecule has 24 heavy (non-hydrogen) atoms. The number of carbonyl (C=O) groups excluding carboxylic acids is 1. The van der Waals surface area contributed by atoms with E-state index in [9.17, 15) is 4.79 Å². The molecule has 2 rings (SSSR count). The summed E-state index contributed by atoms with van der Waals surface area (Å²) >= 11 is 7.46. The zero-order chi connectivity index (χ0) is 17.7. The van der Waals surface area contributed by atoms with Crippen LogP contribution in [0.3, 0.4) is 0 Å². The lowest BCUT2D eigenvalue weighted by Gasteiger charge is -2.17. The van der Waals surface area contributed by atoms with E-state index in [4.69, 9.17) is 11.6 Å². The van der Waals surface area contributed by atoms with Crippen LogP contribution in [0.4, 0.5) is 0 Å². The molecule has 1 N–H and O–H groups in total. The Hall–Kier alpha value is -1.53.